The van der Waals surface area contributed by atoms with Gasteiger partial charge >= 0.3 is 5.97 Å². The number of fused-ring (bicyclic) bond motifs is 1. The van der Waals surface area contributed by atoms with Crippen molar-refractivity contribution in [2.75, 3.05) is 7.11 Å². The van der Waals surface area contributed by atoms with Gasteiger partial charge in [-0.05, 0) is 30.7 Å². The molecule has 2 aromatic heterocycles. The molecule has 0 spiro atoms. The van der Waals surface area contributed by atoms with Crippen LogP contribution in [0.15, 0.2) is 35.6 Å². The zero-order valence-electron chi connectivity index (χ0n) is 14.5. The highest BCUT2D eigenvalue weighted by Crippen LogP contribution is 2.30. The Morgan fingerprint density at radius 1 is 1.31 bits per heavy atom. The average Bonchev–Trinajstić information content (AvgIpc) is 3.10. The summed E-state index contributed by atoms with van der Waals surface area (Å²) in [7, 11) is 1.61. The first kappa shape index (κ1) is 18.1. The zero-order chi connectivity index (χ0) is 18.5. The van der Waals surface area contributed by atoms with Crippen LogP contribution in [0.3, 0.4) is 0 Å². The Kier molecular flexibility index (Phi) is 5.67. The summed E-state index contributed by atoms with van der Waals surface area (Å²) < 4.78 is 6.76. The first-order valence-corrected chi connectivity index (χ1v) is 9.12. The Hall–Kier alpha value is -2.68. The Balaban J connectivity index is 1.93. The van der Waals surface area contributed by atoms with E-state index in [0.29, 0.717) is 22.6 Å². The molecule has 0 fully saturated rings. The van der Waals surface area contributed by atoms with Crippen molar-refractivity contribution in [1.82, 2.24) is 25.0 Å². The number of benzene rings is 1. The van der Waals surface area contributed by atoms with Gasteiger partial charge in [-0.15, -0.1) is 5.10 Å². The Morgan fingerprint density at radius 2 is 2.08 bits per heavy atom. The van der Waals surface area contributed by atoms with Gasteiger partial charge in [0.25, 0.3) is 0 Å². The van der Waals surface area contributed by atoms with Crippen molar-refractivity contribution in [2.24, 2.45) is 0 Å². The summed E-state index contributed by atoms with van der Waals surface area (Å²) in [4.78, 5) is 20.0. The summed E-state index contributed by atoms with van der Waals surface area (Å²) in [6.07, 6.45) is 3.77. The third-order valence-corrected chi connectivity index (χ3v) is 5.11. The van der Waals surface area contributed by atoms with Gasteiger partial charge in [-0.2, -0.15) is 4.68 Å². The number of ether oxygens (including phenoxy) is 1. The van der Waals surface area contributed by atoms with E-state index >= 15 is 0 Å². The average molecular weight is 373 g/mol. The summed E-state index contributed by atoms with van der Waals surface area (Å²) in [6.45, 7) is 2.03. The number of rotatable bonds is 8. The summed E-state index contributed by atoms with van der Waals surface area (Å²) in [5.74, 6) is -0.109. The van der Waals surface area contributed by atoms with Crippen molar-refractivity contribution in [3.8, 4) is 11.4 Å². The van der Waals surface area contributed by atoms with E-state index in [1.807, 2.05) is 31.2 Å². The largest absolute Gasteiger partial charge is 0.497 e. The highest BCUT2D eigenvalue weighted by Gasteiger charge is 2.22. The van der Waals surface area contributed by atoms with E-state index in [1.54, 1.807) is 11.8 Å². The van der Waals surface area contributed by atoms with Crippen LogP contribution in [0.2, 0.25) is 0 Å². The maximum atomic E-state index is 11.5. The lowest BCUT2D eigenvalue weighted by Gasteiger charge is -2.10. The van der Waals surface area contributed by atoms with Crippen molar-refractivity contribution >= 4 is 28.9 Å². The van der Waals surface area contributed by atoms with Crippen molar-refractivity contribution in [3.05, 3.63) is 30.6 Å². The Labute approximate surface area is 154 Å². The number of methoxy groups -OCH3 is 1. The second kappa shape index (κ2) is 8.13. The molecule has 1 unspecified atom stereocenters. The molecule has 0 bridgehead atoms. The lowest BCUT2D eigenvalue weighted by atomic mass is 10.2. The predicted molar refractivity (Wildman–Crippen MR) is 97.8 cm³/mol. The van der Waals surface area contributed by atoms with Gasteiger partial charge < -0.3 is 9.84 Å². The molecule has 26 heavy (non-hydrogen) atoms. The predicted octanol–water partition coefficient (Wildman–Crippen LogP) is 2.95. The number of carbonyl (C=O) groups is 1. The summed E-state index contributed by atoms with van der Waals surface area (Å²) in [5, 5.41) is 17.7. The van der Waals surface area contributed by atoms with E-state index in [4.69, 9.17) is 4.74 Å². The van der Waals surface area contributed by atoms with Crippen LogP contribution >= 0.6 is 11.8 Å². The SMILES string of the molecule is CCCCC(Sc1ncnc2c1nnn2-c1ccc(OC)cc1)C(=O)O. The van der Waals surface area contributed by atoms with E-state index in [-0.39, 0.29) is 0 Å². The fourth-order valence-electron chi connectivity index (χ4n) is 2.47. The Morgan fingerprint density at radius 3 is 2.73 bits per heavy atom. The lowest BCUT2D eigenvalue weighted by Crippen LogP contribution is -2.16. The minimum atomic E-state index is -0.849. The minimum Gasteiger partial charge on any atom is -0.497 e. The molecule has 3 aromatic rings. The molecular formula is C17H19N5O3S. The van der Waals surface area contributed by atoms with Gasteiger partial charge in [0.05, 0.1) is 12.8 Å². The number of thioether (sulfide) groups is 1. The lowest BCUT2D eigenvalue weighted by molar-refractivity contribution is -0.136. The number of hydrogen-bond acceptors (Lipinski definition) is 7. The van der Waals surface area contributed by atoms with Gasteiger partial charge in [-0.1, -0.05) is 36.7 Å². The van der Waals surface area contributed by atoms with Gasteiger partial charge in [-0.25, -0.2) is 9.97 Å². The third-order valence-electron chi connectivity index (χ3n) is 3.87. The topological polar surface area (TPSA) is 103 Å². The molecule has 8 nitrogen and oxygen atoms in total. The monoisotopic (exact) mass is 373 g/mol. The van der Waals surface area contributed by atoms with E-state index in [9.17, 15) is 9.90 Å². The molecule has 0 amide bonds. The molecule has 1 aromatic carbocycles. The fourth-order valence-corrected chi connectivity index (χ4v) is 3.48. The van der Waals surface area contributed by atoms with Gasteiger partial charge in [0.2, 0.25) is 0 Å². The molecule has 0 saturated heterocycles. The third kappa shape index (κ3) is 3.77. The smallest absolute Gasteiger partial charge is 0.317 e. The molecule has 9 heteroatoms. The molecule has 136 valence electrons. The summed E-state index contributed by atoms with van der Waals surface area (Å²) >= 11 is 1.19. The van der Waals surface area contributed by atoms with Gasteiger partial charge in [0.15, 0.2) is 11.2 Å². The number of aromatic nitrogens is 5. The number of carboxylic acid groups (broad SMARTS) is 1. The highest BCUT2D eigenvalue weighted by atomic mass is 32.2. The second-order valence-electron chi connectivity index (χ2n) is 5.64. The number of carboxylic acids is 1. The van der Waals surface area contributed by atoms with Crippen LogP contribution in [-0.2, 0) is 4.79 Å². The summed E-state index contributed by atoms with van der Waals surface area (Å²) in [6, 6.07) is 7.35. The quantitative estimate of drug-likeness (QED) is 0.475. The maximum absolute atomic E-state index is 11.5. The van der Waals surface area contributed by atoms with Gasteiger partial charge in [0, 0.05) is 0 Å². The molecule has 0 saturated carbocycles. The van der Waals surface area contributed by atoms with Crippen molar-refractivity contribution < 1.29 is 14.6 Å². The van der Waals surface area contributed by atoms with Crippen molar-refractivity contribution in [1.29, 1.82) is 0 Å². The van der Waals surface area contributed by atoms with Crippen LogP contribution in [-0.4, -0.2) is 48.4 Å². The van der Waals surface area contributed by atoms with Crippen molar-refractivity contribution in [2.45, 2.75) is 36.5 Å². The molecule has 2 heterocycles. The van der Waals surface area contributed by atoms with Crippen molar-refractivity contribution in [3.63, 3.8) is 0 Å². The van der Waals surface area contributed by atoms with Crippen LogP contribution in [0.5, 0.6) is 5.75 Å². The van der Waals surface area contributed by atoms with E-state index in [0.717, 1.165) is 24.3 Å². The molecule has 1 atom stereocenters. The molecule has 0 radical (unpaired) electrons. The van der Waals surface area contributed by atoms with Crippen LogP contribution in [0.4, 0.5) is 0 Å². The number of aliphatic carboxylic acids is 1. The molecule has 1 N–H and O–H groups in total. The molecule has 0 aliphatic heterocycles. The van der Waals surface area contributed by atoms with E-state index < -0.39 is 11.2 Å². The van der Waals surface area contributed by atoms with Crippen LogP contribution in [0, 0.1) is 0 Å². The maximum Gasteiger partial charge on any atom is 0.317 e. The first-order chi connectivity index (χ1) is 12.6. The Bertz CT molecular complexity index is 897. The zero-order valence-corrected chi connectivity index (χ0v) is 15.3. The van der Waals surface area contributed by atoms with E-state index in [1.165, 1.54) is 18.1 Å². The fraction of sp³-hybridized carbons (Fsp3) is 0.353. The molecule has 0 aliphatic carbocycles. The summed E-state index contributed by atoms with van der Waals surface area (Å²) in [5.41, 5.74) is 1.81. The number of hydrogen-bond donors (Lipinski definition) is 1. The second-order valence-corrected chi connectivity index (χ2v) is 6.83. The standard InChI is InChI=1S/C17H19N5O3S/c1-3-4-5-13(17(23)24)26-16-14-15(18-10-19-16)22(21-20-14)11-6-8-12(25-2)9-7-11/h6-10,13H,3-5H2,1-2H3,(H,23,24). The first-order valence-electron chi connectivity index (χ1n) is 8.24. The number of unbranched alkanes of at least 4 members (excludes halogenated alkanes) is 1. The van der Waals surface area contributed by atoms with Crippen LogP contribution < -0.4 is 4.74 Å². The van der Waals surface area contributed by atoms with Crippen LogP contribution in [0.25, 0.3) is 16.9 Å². The normalized spacial score (nSPS) is 12.2. The van der Waals surface area contributed by atoms with Gasteiger partial charge in [-0.3, -0.25) is 4.79 Å². The van der Waals surface area contributed by atoms with E-state index in [2.05, 4.69) is 20.3 Å². The number of nitrogens with zero attached hydrogens (tertiary/aromatic N) is 5. The molecule has 3 rings (SSSR count). The molecular weight excluding hydrogens is 354 g/mol. The molecule has 0 aliphatic rings. The minimum absolute atomic E-state index is 0.496. The highest BCUT2D eigenvalue weighted by molar-refractivity contribution is 8.00. The van der Waals surface area contributed by atoms with Gasteiger partial charge in [0.1, 0.15) is 22.4 Å². The van der Waals surface area contributed by atoms with Crippen LogP contribution in [0.1, 0.15) is 26.2 Å².